The third-order valence-electron chi connectivity index (χ3n) is 13.2. The maximum atomic E-state index is 12.1. The summed E-state index contributed by atoms with van der Waals surface area (Å²) < 4.78 is 57.6. The normalized spacial score (nSPS) is 15.4. The molecular weight excluding hydrogens is 948 g/mol. The molecule has 1 aliphatic rings. The molecule has 0 unspecified atom stereocenters. The summed E-state index contributed by atoms with van der Waals surface area (Å²) in [5.41, 5.74) is 3.61. The van der Waals surface area contributed by atoms with Crippen molar-refractivity contribution >= 4 is 74.0 Å². The molecule has 8 N–H and O–H groups in total. The number of benzene rings is 4. The Labute approximate surface area is 389 Å². The predicted molar refractivity (Wildman–Crippen MR) is 263 cm³/mol. The summed E-state index contributed by atoms with van der Waals surface area (Å²) in [6.07, 6.45) is 1.80. The van der Waals surface area contributed by atoms with Gasteiger partial charge in [-0.25, -0.2) is 0 Å². The van der Waals surface area contributed by atoms with E-state index in [1.54, 1.807) is 0 Å². The van der Waals surface area contributed by atoms with Crippen molar-refractivity contribution in [1.29, 1.82) is 0 Å². The highest BCUT2D eigenvalue weighted by atomic mass is 31.2. The summed E-state index contributed by atoms with van der Waals surface area (Å²) in [5, 5.41) is 10.9. The standard InChI is InChI=1S/C48H56N4O12P4/c53-65(54,55)29-13-9-25-49-37-21-5-1-17-33(37)41-45(49)42-35-19-3-7-23-39(35)51(27-11-15-31-67(59,60)61)47(42)44-36-20-4-8-24-40(36)52(28-12-16-32-68(62,63)64)48(44)43-34-18-2-6-22-38(34)50(46(41)43)26-10-14-30-66(56,57)58/h1-8,17-24H,9-16,25-32H2,(H2,53,54,55)(H2,56,57,58)(H2,59,60,61)(H2,62,63,64)/b45-42+,46-41+,47-44+,48-43+. The van der Waals surface area contributed by atoms with Gasteiger partial charge in [-0.1, -0.05) is 72.8 Å². The van der Waals surface area contributed by atoms with Crippen molar-refractivity contribution in [2.75, 3.05) is 24.6 Å². The molecule has 8 aromatic rings. The van der Waals surface area contributed by atoms with Crippen LogP contribution < -0.4 is 0 Å². The van der Waals surface area contributed by atoms with E-state index in [9.17, 15) is 57.4 Å². The monoisotopic (exact) mass is 1000 g/mol. The number of hydrogen-bond donors (Lipinski definition) is 8. The van der Waals surface area contributed by atoms with Crippen molar-refractivity contribution in [2.24, 2.45) is 0 Å². The summed E-state index contributed by atoms with van der Waals surface area (Å²) in [7, 11) is -17.1. The molecule has 0 bridgehead atoms. The maximum Gasteiger partial charge on any atom is 0.325 e. The minimum absolute atomic E-state index is 0.266. The lowest BCUT2D eigenvalue weighted by Gasteiger charge is -2.10. The molecule has 68 heavy (non-hydrogen) atoms. The Bertz CT molecular complexity index is 3310. The van der Waals surface area contributed by atoms with Crippen molar-refractivity contribution in [2.45, 2.75) is 77.5 Å². The van der Waals surface area contributed by atoms with E-state index in [0.717, 1.165) is 85.9 Å². The Morgan fingerprint density at radius 1 is 0.294 bits per heavy atom. The zero-order valence-corrected chi connectivity index (χ0v) is 40.9. The second-order valence-corrected chi connectivity index (χ2v) is 25.1. The summed E-state index contributed by atoms with van der Waals surface area (Å²) in [6, 6.07) is 32.4. The largest absolute Gasteiger partial charge is 0.340 e. The van der Waals surface area contributed by atoms with E-state index < -0.39 is 30.4 Å². The molecule has 1 aliphatic carbocycles. The first-order chi connectivity index (χ1) is 32.3. The van der Waals surface area contributed by atoms with Gasteiger partial charge in [-0.15, -0.1) is 0 Å². The Morgan fingerprint density at radius 3 is 0.676 bits per heavy atom. The van der Waals surface area contributed by atoms with Crippen LogP contribution in [0.3, 0.4) is 0 Å². The first kappa shape index (κ1) is 48.7. The van der Waals surface area contributed by atoms with E-state index >= 15 is 0 Å². The van der Waals surface area contributed by atoms with Crippen molar-refractivity contribution in [3.63, 3.8) is 0 Å². The lowest BCUT2D eigenvalue weighted by atomic mass is 10.1. The van der Waals surface area contributed by atoms with Crippen LogP contribution >= 0.6 is 30.4 Å². The minimum atomic E-state index is -4.29. The molecule has 0 saturated carbocycles. The number of unbranched alkanes of at least 4 members (excludes halogenated alkanes) is 4. The van der Waals surface area contributed by atoms with Gasteiger partial charge in [0.25, 0.3) is 0 Å². The second kappa shape index (κ2) is 19.1. The van der Waals surface area contributed by atoms with Gasteiger partial charge in [0.1, 0.15) is 0 Å². The van der Waals surface area contributed by atoms with Gasteiger partial charge in [0, 0.05) is 115 Å². The molecule has 9 rings (SSSR count). The van der Waals surface area contributed by atoms with E-state index in [2.05, 4.69) is 66.8 Å². The average molecular weight is 1000 g/mol. The molecule has 0 aliphatic heterocycles. The molecule has 0 atom stereocenters. The van der Waals surface area contributed by atoms with Gasteiger partial charge < -0.3 is 57.4 Å². The number of nitrogens with zero attached hydrogens (tertiary/aromatic N) is 4. The van der Waals surface area contributed by atoms with Gasteiger partial charge in [0.15, 0.2) is 0 Å². The Morgan fingerprint density at radius 2 is 0.485 bits per heavy atom. The smallest absolute Gasteiger partial charge is 0.325 e. The molecule has 4 aromatic carbocycles. The van der Waals surface area contributed by atoms with Crippen LogP contribution in [0, 0.1) is 42.3 Å². The van der Waals surface area contributed by atoms with Crippen LogP contribution in [-0.4, -0.2) is 82.1 Å². The van der Waals surface area contributed by atoms with E-state index in [1.807, 2.05) is 48.5 Å². The SMILES string of the molecule is O=P(O)(O)CCCCn1c2/c(c3ccccc31)=c1\c(c3ccccc3n1CCCCP(=O)(O)O)=c1/c(c3ccccc3n1CCCCP(=O)(O)O)=c1\c=2c2ccccc2n1CCCCP(=O)(O)O. The van der Waals surface area contributed by atoms with Crippen LogP contribution in [0.2, 0.25) is 0 Å². The lowest BCUT2D eigenvalue weighted by Crippen LogP contribution is -2.06. The van der Waals surface area contributed by atoms with Gasteiger partial charge in [0.2, 0.25) is 0 Å². The van der Waals surface area contributed by atoms with Crippen molar-refractivity contribution in [1.82, 2.24) is 18.3 Å². The van der Waals surface area contributed by atoms with E-state index in [1.165, 1.54) is 0 Å². The number of aryl methyl sites for hydroxylation is 4. The summed E-state index contributed by atoms with van der Waals surface area (Å²) in [4.78, 5) is 79.2. The van der Waals surface area contributed by atoms with Crippen LogP contribution in [0.5, 0.6) is 0 Å². The van der Waals surface area contributed by atoms with E-state index in [4.69, 9.17) is 0 Å². The Kier molecular flexibility index (Phi) is 13.7. The second-order valence-electron chi connectivity index (χ2n) is 18.0. The third-order valence-corrected chi connectivity index (χ3v) is 16.8. The molecule has 0 spiro atoms. The Hall–Kier alpha value is -4.36. The highest BCUT2D eigenvalue weighted by molar-refractivity contribution is 7.52. The predicted octanol–water partition coefficient (Wildman–Crippen LogP) is 8.80. The first-order valence-electron chi connectivity index (χ1n) is 23.0. The number of fused-ring (bicyclic) bond motifs is 12. The van der Waals surface area contributed by atoms with Gasteiger partial charge >= 0.3 is 30.4 Å². The van der Waals surface area contributed by atoms with Crippen LogP contribution in [0.4, 0.5) is 0 Å². The molecule has 0 radical (unpaired) electrons. The summed E-state index contributed by atoms with van der Waals surface area (Å²) in [5.74, 6) is 0. The Balaban J connectivity index is 1.58. The number of rotatable bonds is 20. The lowest BCUT2D eigenvalue weighted by molar-refractivity contribution is 0.368. The molecule has 0 fully saturated rings. The summed E-state index contributed by atoms with van der Waals surface area (Å²) >= 11 is 0. The van der Waals surface area contributed by atoms with Crippen molar-refractivity contribution in [3.8, 4) is 0 Å². The molecular formula is C48H56N4O12P4. The van der Waals surface area contributed by atoms with Crippen LogP contribution in [0.1, 0.15) is 51.4 Å². The van der Waals surface area contributed by atoms with E-state index in [0.29, 0.717) is 51.9 Å². The first-order valence-corrected chi connectivity index (χ1v) is 30.1. The quantitative estimate of drug-likeness (QED) is 0.0264. The fourth-order valence-electron chi connectivity index (χ4n) is 10.5. The number of para-hydroxylation sites is 4. The zero-order chi connectivity index (χ0) is 48.2. The van der Waals surface area contributed by atoms with Crippen LogP contribution in [0.15, 0.2) is 97.1 Å². The van der Waals surface area contributed by atoms with Crippen molar-refractivity contribution in [3.05, 3.63) is 139 Å². The van der Waals surface area contributed by atoms with Gasteiger partial charge in [-0.2, -0.15) is 0 Å². The molecule has 360 valence electrons. The molecule has 20 heteroatoms. The third kappa shape index (κ3) is 9.86. The molecule has 16 nitrogen and oxygen atoms in total. The summed E-state index contributed by atoms with van der Waals surface area (Å²) in [6.45, 7) is 1.62. The highest BCUT2D eigenvalue weighted by Crippen LogP contribution is 2.40. The minimum Gasteiger partial charge on any atom is -0.340 e. The maximum absolute atomic E-state index is 12.1. The molecule has 4 heterocycles. The van der Waals surface area contributed by atoms with E-state index in [-0.39, 0.29) is 50.3 Å². The van der Waals surface area contributed by atoms with Crippen LogP contribution in [0.25, 0.3) is 43.6 Å². The molecule has 4 aromatic heterocycles. The fraction of sp³-hybridized carbons (Fsp3) is 0.333. The van der Waals surface area contributed by atoms with Crippen molar-refractivity contribution < 1.29 is 57.4 Å². The van der Waals surface area contributed by atoms with Crippen LogP contribution in [-0.2, 0) is 44.4 Å². The van der Waals surface area contributed by atoms with Gasteiger partial charge in [0.05, 0.1) is 21.4 Å². The van der Waals surface area contributed by atoms with Gasteiger partial charge in [-0.3, -0.25) is 18.3 Å². The number of aromatic nitrogens is 4. The topological polar surface area (TPSA) is 250 Å². The fourth-order valence-corrected chi connectivity index (χ4v) is 13.0. The average Bonchev–Trinajstić information content (AvgIpc) is 3.96. The highest BCUT2D eigenvalue weighted by Gasteiger charge is 2.24. The number of hydrogen-bond acceptors (Lipinski definition) is 4. The molecule has 0 saturated heterocycles. The van der Waals surface area contributed by atoms with Gasteiger partial charge in [-0.05, 0) is 75.6 Å². The zero-order valence-electron chi connectivity index (χ0n) is 37.3. The molecule has 0 amide bonds.